The summed E-state index contributed by atoms with van der Waals surface area (Å²) in [5.74, 6) is 5.75. The van der Waals surface area contributed by atoms with Gasteiger partial charge in [-0.05, 0) is 44.0 Å². The van der Waals surface area contributed by atoms with E-state index < -0.39 is 0 Å². The molecule has 4 nitrogen and oxygen atoms in total. The molecule has 0 aliphatic carbocycles. The van der Waals surface area contributed by atoms with Gasteiger partial charge in [-0.1, -0.05) is 12.1 Å². The highest BCUT2D eigenvalue weighted by Crippen LogP contribution is 2.25. The Hall–Kier alpha value is -1.85. The summed E-state index contributed by atoms with van der Waals surface area (Å²) in [5, 5.41) is 0. The molecule has 0 saturated heterocycles. The van der Waals surface area contributed by atoms with Crippen LogP contribution in [0, 0.1) is 20.8 Å². The molecule has 2 aromatic rings. The highest BCUT2D eigenvalue weighted by atomic mass is 32.1. The first-order valence-corrected chi connectivity index (χ1v) is 7.13. The number of hydrazine groups is 1. The molecule has 0 radical (unpaired) electrons. The number of ether oxygens (including phenoxy) is 1. The maximum absolute atomic E-state index is 11.5. The quantitative estimate of drug-likeness (QED) is 0.517. The molecule has 1 heterocycles. The number of carbonyl (C=O) groups is 1. The second-order valence-corrected chi connectivity index (χ2v) is 5.98. The molecule has 5 heteroatoms. The first kappa shape index (κ1) is 14.6. The van der Waals surface area contributed by atoms with Crippen molar-refractivity contribution in [1.82, 2.24) is 5.43 Å². The maximum atomic E-state index is 11.5. The number of carbonyl (C=O) groups excluding carboxylic acids is 1. The van der Waals surface area contributed by atoms with E-state index in [-0.39, 0.29) is 5.91 Å². The first-order chi connectivity index (χ1) is 9.51. The topological polar surface area (TPSA) is 64.3 Å². The van der Waals surface area contributed by atoms with E-state index in [2.05, 4.69) is 11.5 Å². The van der Waals surface area contributed by atoms with Gasteiger partial charge in [-0.2, -0.15) is 0 Å². The summed E-state index contributed by atoms with van der Waals surface area (Å²) in [4.78, 5) is 13.2. The average molecular weight is 290 g/mol. The van der Waals surface area contributed by atoms with Gasteiger partial charge < -0.3 is 4.74 Å². The van der Waals surface area contributed by atoms with Gasteiger partial charge in [0.05, 0.1) is 4.88 Å². The summed E-state index contributed by atoms with van der Waals surface area (Å²) in [6.07, 6.45) is 0. The summed E-state index contributed by atoms with van der Waals surface area (Å²) < 4.78 is 5.85. The SMILES string of the molecule is Cc1ccc(C)c(OCc2cc(C(=O)NN)sc2C)c1. The fourth-order valence-corrected chi connectivity index (χ4v) is 2.80. The molecule has 0 aliphatic heterocycles. The zero-order valence-corrected chi connectivity index (χ0v) is 12.6. The van der Waals surface area contributed by atoms with Crippen LogP contribution < -0.4 is 16.0 Å². The van der Waals surface area contributed by atoms with Crippen LogP contribution in [0.15, 0.2) is 24.3 Å². The van der Waals surface area contributed by atoms with E-state index in [1.807, 2.05) is 39.0 Å². The van der Waals surface area contributed by atoms with Gasteiger partial charge in [-0.25, -0.2) is 5.84 Å². The highest BCUT2D eigenvalue weighted by molar-refractivity contribution is 7.14. The second kappa shape index (κ2) is 6.07. The van der Waals surface area contributed by atoms with Crippen LogP contribution in [0.25, 0.3) is 0 Å². The Kier molecular flexibility index (Phi) is 4.42. The minimum absolute atomic E-state index is 0.268. The molecule has 0 saturated carbocycles. The van der Waals surface area contributed by atoms with E-state index in [0.29, 0.717) is 11.5 Å². The monoisotopic (exact) mass is 290 g/mol. The normalized spacial score (nSPS) is 10.4. The van der Waals surface area contributed by atoms with Crippen molar-refractivity contribution in [2.45, 2.75) is 27.4 Å². The molecular weight excluding hydrogens is 272 g/mol. The maximum Gasteiger partial charge on any atom is 0.275 e. The zero-order chi connectivity index (χ0) is 14.7. The smallest absolute Gasteiger partial charge is 0.275 e. The van der Waals surface area contributed by atoms with Crippen LogP contribution in [-0.4, -0.2) is 5.91 Å². The lowest BCUT2D eigenvalue weighted by molar-refractivity contribution is 0.0957. The van der Waals surface area contributed by atoms with Gasteiger partial charge >= 0.3 is 0 Å². The number of rotatable bonds is 4. The third-order valence-electron chi connectivity index (χ3n) is 3.10. The van der Waals surface area contributed by atoms with Crippen LogP contribution in [-0.2, 0) is 6.61 Å². The Balaban J connectivity index is 2.13. The van der Waals surface area contributed by atoms with Gasteiger partial charge in [0.1, 0.15) is 12.4 Å². The summed E-state index contributed by atoms with van der Waals surface area (Å²) in [5.41, 5.74) is 5.41. The Labute approximate surface area is 122 Å². The van der Waals surface area contributed by atoms with Gasteiger partial charge in [-0.3, -0.25) is 10.2 Å². The lowest BCUT2D eigenvalue weighted by atomic mass is 10.1. The van der Waals surface area contributed by atoms with Gasteiger partial charge in [0.25, 0.3) is 5.91 Å². The second-order valence-electron chi connectivity index (χ2n) is 4.72. The standard InChI is InChI=1S/C15H18N2O2S/c1-9-4-5-10(2)13(6-9)19-8-12-7-14(15(18)17-16)20-11(12)3/h4-7H,8,16H2,1-3H3,(H,17,18). The van der Waals surface area contributed by atoms with Crippen molar-refractivity contribution in [1.29, 1.82) is 0 Å². The lowest BCUT2D eigenvalue weighted by Crippen LogP contribution is -2.29. The number of aryl methyl sites for hydroxylation is 3. The fourth-order valence-electron chi connectivity index (χ4n) is 1.86. The number of hydrogen-bond donors (Lipinski definition) is 2. The minimum atomic E-state index is -0.268. The molecular formula is C15H18N2O2S. The first-order valence-electron chi connectivity index (χ1n) is 6.31. The van der Waals surface area contributed by atoms with Crippen LogP contribution >= 0.6 is 11.3 Å². The van der Waals surface area contributed by atoms with Crippen LogP contribution in [0.2, 0.25) is 0 Å². The molecule has 3 N–H and O–H groups in total. The summed E-state index contributed by atoms with van der Waals surface area (Å²) in [6.45, 7) is 6.47. The molecule has 1 aromatic heterocycles. The molecule has 0 aliphatic rings. The largest absolute Gasteiger partial charge is 0.489 e. The number of nitrogens with one attached hydrogen (secondary N) is 1. The Morgan fingerprint density at radius 2 is 2.05 bits per heavy atom. The van der Waals surface area contributed by atoms with E-state index in [0.717, 1.165) is 27.3 Å². The zero-order valence-electron chi connectivity index (χ0n) is 11.8. The summed E-state index contributed by atoms with van der Waals surface area (Å²) in [6, 6.07) is 7.94. The molecule has 0 spiro atoms. The third-order valence-corrected chi connectivity index (χ3v) is 4.19. The molecule has 0 fully saturated rings. The van der Waals surface area contributed by atoms with Crippen molar-refractivity contribution >= 4 is 17.2 Å². The lowest BCUT2D eigenvalue weighted by Gasteiger charge is -2.09. The van der Waals surface area contributed by atoms with Crippen molar-refractivity contribution in [3.63, 3.8) is 0 Å². The van der Waals surface area contributed by atoms with Crippen molar-refractivity contribution in [3.05, 3.63) is 50.7 Å². The Bertz CT molecular complexity index is 635. The Morgan fingerprint density at radius 3 is 2.75 bits per heavy atom. The number of thiophene rings is 1. The van der Waals surface area contributed by atoms with Crippen molar-refractivity contribution in [2.75, 3.05) is 0 Å². The number of benzene rings is 1. The molecule has 2 rings (SSSR count). The fraction of sp³-hybridized carbons (Fsp3) is 0.267. The summed E-state index contributed by atoms with van der Waals surface area (Å²) in [7, 11) is 0. The van der Waals surface area contributed by atoms with Crippen LogP contribution in [0.1, 0.15) is 31.2 Å². The van der Waals surface area contributed by atoms with Crippen LogP contribution in [0.5, 0.6) is 5.75 Å². The predicted molar refractivity (Wildman–Crippen MR) is 81.0 cm³/mol. The number of nitrogen functional groups attached to an aromatic ring is 1. The molecule has 0 atom stereocenters. The van der Waals surface area contributed by atoms with Gasteiger partial charge in [0.2, 0.25) is 0 Å². The molecule has 20 heavy (non-hydrogen) atoms. The van der Waals surface area contributed by atoms with Crippen LogP contribution in [0.3, 0.4) is 0 Å². The van der Waals surface area contributed by atoms with Gasteiger partial charge in [0.15, 0.2) is 0 Å². The van der Waals surface area contributed by atoms with E-state index in [4.69, 9.17) is 10.6 Å². The van der Waals surface area contributed by atoms with Crippen LogP contribution in [0.4, 0.5) is 0 Å². The predicted octanol–water partition coefficient (Wildman–Crippen LogP) is 2.86. The molecule has 0 bridgehead atoms. The summed E-state index contributed by atoms with van der Waals surface area (Å²) >= 11 is 1.42. The number of nitrogens with two attached hydrogens (primary N) is 1. The van der Waals surface area contributed by atoms with E-state index >= 15 is 0 Å². The van der Waals surface area contributed by atoms with E-state index in [1.54, 1.807) is 0 Å². The molecule has 0 unspecified atom stereocenters. The van der Waals surface area contributed by atoms with E-state index in [1.165, 1.54) is 11.3 Å². The molecule has 106 valence electrons. The third kappa shape index (κ3) is 3.18. The van der Waals surface area contributed by atoms with Crippen molar-refractivity contribution in [3.8, 4) is 5.75 Å². The number of amides is 1. The average Bonchev–Trinajstić information content (AvgIpc) is 2.80. The molecule has 1 amide bonds. The van der Waals surface area contributed by atoms with Crippen molar-refractivity contribution in [2.24, 2.45) is 5.84 Å². The number of hydrogen-bond acceptors (Lipinski definition) is 4. The Morgan fingerprint density at radius 1 is 1.30 bits per heavy atom. The van der Waals surface area contributed by atoms with E-state index in [9.17, 15) is 4.79 Å². The highest BCUT2D eigenvalue weighted by Gasteiger charge is 2.12. The van der Waals surface area contributed by atoms with Crippen molar-refractivity contribution < 1.29 is 9.53 Å². The van der Waals surface area contributed by atoms with Gasteiger partial charge in [0, 0.05) is 10.4 Å². The van der Waals surface area contributed by atoms with Gasteiger partial charge in [-0.15, -0.1) is 11.3 Å². The minimum Gasteiger partial charge on any atom is -0.489 e. The molecule has 1 aromatic carbocycles.